The van der Waals surface area contributed by atoms with Crippen molar-refractivity contribution in [3.63, 3.8) is 0 Å². The molecule has 3 rings (SSSR count). The number of hydrogen-bond donors (Lipinski definition) is 2. The van der Waals surface area contributed by atoms with Crippen molar-refractivity contribution in [1.29, 1.82) is 0 Å². The topological polar surface area (TPSA) is 98.5 Å². The van der Waals surface area contributed by atoms with Gasteiger partial charge in [-0.25, -0.2) is 4.79 Å². The van der Waals surface area contributed by atoms with Crippen LogP contribution in [-0.4, -0.2) is 34.4 Å². The summed E-state index contributed by atoms with van der Waals surface area (Å²) in [4.78, 5) is 16.3. The van der Waals surface area contributed by atoms with E-state index >= 15 is 0 Å². The van der Waals surface area contributed by atoms with E-state index in [1.807, 2.05) is 31.2 Å². The average molecular weight is 461 g/mol. The summed E-state index contributed by atoms with van der Waals surface area (Å²) in [7, 11) is 0. The van der Waals surface area contributed by atoms with Crippen LogP contribution in [-0.2, 0) is 11.3 Å². The first-order valence-electron chi connectivity index (χ1n) is 9.57. The van der Waals surface area contributed by atoms with Crippen molar-refractivity contribution in [1.82, 2.24) is 15.5 Å². The Morgan fingerprint density at radius 1 is 1.16 bits per heavy atom. The molecule has 0 spiro atoms. The van der Waals surface area contributed by atoms with E-state index in [1.165, 1.54) is 0 Å². The molecule has 8 nitrogen and oxygen atoms in total. The van der Waals surface area contributed by atoms with Gasteiger partial charge in [0.1, 0.15) is 5.75 Å². The van der Waals surface area contributed by atoms with Gasteiger partial charge in [-0.05, 0) is 68.5 Å². The molecule has 0 saturated carbocycles. The Balaban J connectivity index is 1.57. The van der Waals surface area contributed by atoms with Gasteiger partial charge in [0.15, 0.2) is 5.11 Å². The fourth-order valence-electron chi connectivity index (χ4n) is 2.61. The van der Waals surface area contributed by atoms with Crippen LogP contribution in [0, 0.1) is 0 Å². The number of aromatic nitrogens is 2. The van der Waals surface area contributed by atoms with E-state index in [0.29, 0.717) is 34.1 Å². The van der Waals surface area contributed by atoms with Crippen LogP contribution >= 0.6 is 23.8 Å². The Labute approximate surface area is 189 Å². The first kappa shape index (κ1) is 22.5. The van der Waals surface area contributed by atoms with Crippen molar-refractivity contribution in [2.75, 3.05) is 18.5 Å². The monoisotopic (exact) mass is 460 g/mol. The summed E-state index contributed by atoms with van der Waals surface area (Å²) in [5, 5.41) is 10.6. The summed E-state index contributed by atoms with van der Waals surface area (Å²) in [5.41, 5.74) is 1.66. The molecule has 162 valence electrons. The van der Waals surface area contributed by atoms with Crippen molar-refractivity contribution < 1.29 is 18.8 Å². The Kier molecular flexibility index (Phi) is 7.80. The predicted molar refractivity (Wildman–Crippen MR) is 121 cm³/mol. The molecule has 31 heavy (non-hydrogen) atoms. The third-order valence-corrected chi connectivity index (χ3v) is 4.59. The van der Waals surface area contributed by atoms with Gasteiger partial charge in [-0.15, -0.1) is 0 Å². The molecule has 0 unspecified atom stereocenters. The summed E-state index contributed by atoms with van der Waals surface area (Å²) in [6.07, 6.45) is 0. The SMILES string of the molecule is CCOC(=O)c1cc(NC(=S)NCc2nc(-c3ccc(OCC)cc3)no2)ccc1Cl. The van der Waals surface area contributed by atoms with Crippen LogP contribution in [0.5, 0.6) is 5.75 Å². The number of ether oxygens (including phenoxy) is 2. The first-order chi connectivity index (χ1) is 15.0. The van der Waals surface area contributed by atoms with Crippen molar-refractivity contribution in [2.45, 2.75) is 20.4 Å². The van der Waals surface area contributed by atoms with Gasteiger partial charge in [0.25, 0.3) is 0 Å². The maximum Gasteiger partial charge on any atom is 0.339 e. The number of anilines is 1. The highest BCUT2D eigenvalue weighted by molar-refractivity contribution is 7.80. The van der Waals surface area contributed by atoms with E-state index in [4.69, 9.17) is 37.8 Å². The lowest BCUT2D eigenvalue weighted by Gasteiger charge is -2.11. The molecule has 0 radical (unpaired) electrons. The van der Waals surface area contributed by atoms with Gasteiger partial charge in [0.05, 0.1) is 30.3 Å². The molecule has 2 aromatic carbocycles. The zero-order valence-corrected chi connectivity index (χ0v) is 18.5. The summed E-state index contributed by atoms with van der Waals surface area (Å²) >= 11 is 11.4. The molecule has 1 aromatic heterocycles. The van der Waals surface area contributed by atoms with Gasteiger partial charge in [0, 0.05) is 11.3 Å². The Hall–Kier alpha value is -3.17. The molecule has 0 aliphatic rings. The second kappa shape index (κ2) is 10.7. The molecule has 0 bridgehead atoms. The number of halogens is 1. The number of esters is 1. The smallest absolute Gasteiger partial charge is 0.339 e. The highest BCUT2D eigenvalue weighted by Crippen LogP contribution is 2.22. The van der Waals surface area contributed by atoms with Gasteiger partial charge in [0.2, 0.25) is 11.7 Å². The first-order valence-corrected chi connectivity index (χ1v) is 10.4. The fourth-order valence-corrected chi connectivity index (χ4v) is 3.00. The van der Waals surface area contributed by atoms with Crippen molar-refractivity contribution >= 4 is 40.6 Å². The Morgan fingerprint density at radius 3 is 2.65 bits per heavy atom. The van der Waals surface area contributed by atoms with Crippen molar-refractivity contribution in [3.8, 4) is 17.1 Å². The van der Waals surface area contributed by atoms with Gasteiger partial charge in [-0.3, -0.25) is 0 Å². The highest BCUT2D eigenvalue weighted by atomic mass is 35.5. The van der Waals surface area contributed by atoms with E-state index in [-0.39, 0.29) is 18.7 Å². The van der Waals surface area contributed by atoms with Crippen molar-refractivity contribution in [3.05, 3.63) is 58.9 Å². The molecule has 0 fully saturated rings. The number of nitrogens with one attached hydrogen (secondary N) is 2. The summed E-state index contributed by atoms with van der Waals surface area (Å²) < 4.78 is 15.7. The van der Waals surface area contributed by atoms with Crippen LogP contribution in [0.15, 0.2) is 47.0 Å². The maximum atomic E-state index is 12.0. The molecular weight excluding hydrogens is 440 g/mol. The summed E-state index contributed by atoms with van der Waals surface area (Å²) in [6.45, 7) is 4.75. The Morgan fingerprint density at radius 2 is 1.94 bits per heavy atom. The maximum absolute atomic E-state index is 12.0. The molecule has 0 aliphatic heterocycles. The quantitative estimate of drug-likeness (QED) is 0.373. The van der Waals surface area contributed by atoms with Gasteiger partial charge in [-0.2, -0.15) is 4.98 Å². The average Bonchev–Trinajstić information content (AvgIpc) is 3.24. The van der Waals surface area contributed by atoms with E-state index in [2.05, 4.69) is 20.8 Å². The predicted octanol–water partition coefficient (Wildman–Crippen LogP) is 4.45. The molecule has 10 heteroatoms. The molecular formula is C21H21ClN4O4S. The van der Waals surface area contributed by atoms with E-state index in [1.54, 1.807) is 25.1 Å². The molecule has 0 aliphatic carbocycles. The lowest BCUT2D eigenvalue weighted by Crippen LogP contribution is -2.28. The largest absolute Gasteiger partial charge is 0.494 e. The van der Waals surface area contributed by atoms with Crippen LogP contribution in [0.1, 0.15) is 30.1 Å². The standard InChI is InChI=1S/C21H21ClN4O4S/c1-3-28-15-8-5-13(6-9-15)19-25-18(30-26-19)12-23-21(31)24-14-7-10-17(22)16(11-14)20(27)29-4-2/h5-11H,3-4,12H2,1-2H3,(H2,23,24,31). The number of carbonyl (C=O) groups excluding carboxylic acids is 1. The normalized spacial score (nSPS) is 10.4. The molecule has 3 aromatic rings. The molecule has 0 amide bonds. The van der Waals surface area contributed by atoms with Gasteiger partial charge < -0.3 is 24.6 Å². The second-order valence-electron chi connectivity index (χ2n) is 6.19. The van der Waals surface area contributed by atoms with Crippen LogP contribution in [0.2, 0.25) is 5.02 Å². The van der Waals surface area contributed by atoms with Crippen LogP contribution in [0.4, 0.5) is 5.69 Å². The van der Waals surface area contributed by atoms with Crippen LogP contribution in [0.3, 0.4) is 0 Å². The molecule has 0 atom stereocenters. The number of carbonyl (C=O) groups is 1. The minimum Gasteiger partial charge on any atom is -0.494 e. The zero-order valence-electron chi connectivity index (χ0n) is 17.0. The van der Waals surface area contributed by atoms with Crippen LogP contribution < -0.4 is 15.4 Å². The minimum atomic E-state index is -0.497. The van der Waals surface area contributed by atoms with Crippen molar-refractivity contribution in [2.24, 2.45) is 0 Å². The summed E-state index contributed by atoms with van der Waals surface area (Å²) in [6, 6.07) is 12.3. The lowest BCUT2D eigenvalue weighted by atomic mass is 10.2. The fraction of sp³-hybridized carbons (Fsp3) is 0.238. The molecule has 2 N–H and O–H groups in total. The summed E-state index contributed by atoms with van der Waals surface area (Å²) in [5.74, 6) is 1.12. The third-order valence-electron chi connectivity index (χ3n) is 4.01. The number of hydrogen-bond acceptors (Lipinski definition) is 7. The molecule has 1 heterocycles. The van der Waals surface area contributed by atoms with E-state index < -0.39 is 5.97 Å². The van der Waals surface area contributed by atoms with E-state index in [0.717, 1.165) is 11.3 Å². The minimum absolute atomic E-state index is 0.230. The zero-order chi connectivity index (χ0) is 22.2. The van der Waals surface area contributed by atoms with Gasteiger partial charge >= 0.3 is 5.97 Å². The lowest BCUT2D eigenvalue weighted by molar-refractivity contribution is 0.0526. The number of rotatable bonds is 8. The number of benzene rings is 2. The number of thiocarbonyl (C=S) groups is 1. The molecule has 0 saturated heterocycles. The highest BCUT2D eigenvalue weighted by Gasteiger charge is 2.13. The second-order valence-corrected chi connectivity index (χ2v) is 7.01. The van der Waals surface area contributed by atoms with Gasteiger partial charge in [-0.1, -0.05) is 16.8 Å². The Bertz CT molecular complexity index is 1060. The number of nitrogens with zero attached hydrogens (tertiary/aromatic N) is 2. The van der Waals surface area contributed by atoms with E-state index in [9.17, 15) is 4.79 Å². The van der Waals surface area contributed by atoms with Crippen LogP contribution in [0.25, 0.3) is 11.4 Å². The third kappa shape index (κ3) is 6.16.